The van der Waals surface area contributed by atoms with Crippen LogP contribution in [0.1, 0.15) is 22.8 Å². The summed E-state index contributed by atoms with van der Waals surface area (Å²) in [5.74, 6) is 0.465. The SMILES string of the molecule is Cc1ccc2[nH]c(=O)c(CNC(=O)Cc3noc(C)n3)cc2c1. The van der Waals surface area contributed by atoms with E-state index in [1.807, 2.05) is 25.1 Å². The molecule has 3 rings (SSSR count). The van der Waals surface area contributed by atoms with Crippen molar-refractivity contribution in [2.75, 3.05) is 0 Å². The van der Waals surface area contributed by atoms with Gasteiger partial charge in [-0.2, -0.15) is 4.98 Å². The number of aryl methyl sites for hydroxylation is 2. The lowest BCUT2D eigenvalue weighted by atomic mass is 10.1. The van der Waals surface area contributed by atoms with Crippen LogP contribution < -0.4 is 10.9 Å². The lowest BCUT2D eigenvalue weighted by Crippen LogP contribution is -2.28. The maximum Gasteiger partial charge on any atom is 0.253 e. The van der Waals surface area contributed by atoms with Crippen molar-refractivity contribution in [1.29, 1.82) is 0 Å². The van der Waals surface area contributed by atoms with Crippen LogP contribution in [-0.4, -0.2) is 21.0 Å². The second-order valence-electron chi connectivity index (χ2n) is 5.40. The molecule has 0 spiro atoms. The van der Waals surface area contributed by atoms with Crippen molar-refractivity contribution < 1.29 is 9.32 Å². The van der Waals surface area contributed by atoms with Crippen LogP contribution in [0, 0.1) is 13.8 Å². The molecule has 2 aromatic heterocycles. The molecular formula is C16H16N4O3. The van der Waals surface area contributed by atoms with Gasteiger partial charge < -0.3 is 14.8 Å². The average molecular weight is 312 g/mol. The van der Waals surface area contributed by atoms with E-state index in [4.69, 9.17) is 4.52 Å². The van der Waals surface area contributed by atoms with E-state index in [1.165, 1.54) is 0 Å². The molecule has 7 heteroatoms. The van der Waals surface area contributed by atoms with E-state index in [1.54, 1.807) is 13.0 Å². The minimum atomic E-state index is -0.269. The van der Waals surface area contributed by atoms with E-state index in [2.05, 4.69) is 20.4 Å². The minimum absolute atomic E-state index is 0.0158. The van der Waals surface area contributed by atoms with Crippen LogP contribution in [0.15, 0.2) is 33.6 Å². The summed E-state index contributed by atoms with van der Waals surface area (Å²) in [6, 6.07) is 7.58. The van der Waals surface area contributed by atoms with E-state index < -0.39 is 0 Å². The van der Waals surface area contributed by atoms with Crippen LogP contribution >= 0.6 is 0 Å². The third kappa shape index (κ3) is 3.45. The maximum atomic E-state index is 12.0. The van der Waals surface area contributed by atoms with Crippen molar-refractivity contribution >= 4 is 16.8 Å². The predicted molar refractivity (Wildman–Crippen MR) is 83.9 cm³/mol. The monoisotopic (exact) mass is 312 g/mol. The van der Waals surface area contributed by atoms with Gasteiger partial charge in [-0.3, -0.25) is 9.59 Å². The highest BCUT2D eigenvalue weighted by Crippen LogP contribution is 2.13. The summed E-state index contributed by atoms with van der Waals surface area (Å²) in [7, 11) is 0. The number of carbonyl (C=O) groups is 1. The zero-order chi connectivity index (χ0) is 16.4. The molecule has 2 heterocycles. The fourth-order valence-electron chi connectivity index (χ4n) is 2.32. The largest absolute Gasteiger partial charge is 0.351 e. The standard InChI is InChI=1S/C16H16N4O3/c1-9-3-4-13-11(5-9)6-12(16(22)19-13)8-17-15(21)7-14-18-10(2)23-20-14/h3-6H,7-8H2,1-2H3,(H,17,21)(H,19,22). The first kappa shape index (κ1) is 15.0. The summed E-state index contributed by atoms with van der Waals surface area (Å²) >= 11 is 0. The molecule has 0 aliphatic rings. The van der Waals surface area contributed by atoms with Crippen molar-refractivity contribution in [3.63, 3.8) is 0 Å². The summed E-state index contributed by atoms with van der Waals surface area (Å²) in [4.78, 5) is 30.7. The topological polar surface area (TPSA) is 101 Å². The molecule has 23 heavy (non-hydrogen) atoms. The minimum Gasteiger partial charge on any atom is -0.351 e. The zero-order valence-corrected chi connectivity index (χ0v) is 12.8. The smallest absolute Gasteiger partial charge is 0.253 e. The summed E-state index contributed by atoms with van der Waals surface area (Å²) in [5.41, 5.74) is 2.17. The summed E-state index contributed by atoms with van der Waals surface area (Å²) in [6.07, 6.45) is 0.0158. The normalized spacial score (nSPS) is 10.9. The highest BCUT2D eigenvalue weighted by Gasteiger charge is 2.10. The van der Waals surface area contributed by atoms with Gasteiger partial charge in [0.05, 0.1) is 6.42 Å². The van der Waals surface area contributed by atoms with Gasteiger partial charge in [-0.05, 0) is 30.5 Å². The number of fused-ring (bicyclic) bond motifs is 1. The van der Waals surface area contributed by atoms with Crippen LogP contribution in [-0.2, 0) is 17.8 Å². The molecule has 1 amide bonds. The number of benzene rings is 1. The fraction of sp³-hybridized carbons (Fsp3) is 0.250. The highest BCUT2D eigenvalue weighted by atomic mass is 16.5. The molecule has 3 aromatic rings. The van der Waals surface area contributed by atoms with Gasteiger partial charge >= 0.3 is 0 Å². The number of H-pyrrole nitrogens is 1. The second kappa shape index (κ2) is 6.04. The highest BCUT2D eigenvalue weighted by molar-refractivity contribution is 5.80. The average Bonchev–Trinajstić information content (AvgIpc) is 2.90. The summed E-state index contributed by atoms with van der Waals surface area (Å²) in [6.45, 7) is 3.79. The molecule has 0 unspecified atom stereocenters. The number of amides is 1. The van der Waals surface area contributed by atoms with Crippen LogP contribution in [0.4, 0.5) is 0 Å². The lowest BCUT2D eigenvalue weighted by Gasteiger charge is -2.06. The second-order valence-corrected chi connectivity index (χ2v) is 5.40. The lowest BCUT2D eigenvalue weighted by molar-refractivity contribution is -0.120. The van der Waals surface area contributed by atoms with E-state index in [-0.39, 0.29) is 24.4 Å². The number of nitrogens with one attached hydrogen (secondary N) is 2. The molecular weight excluding hydrogens is 296 g/mol. The third-order valence-corrected chi connectivity index (χ3v) is 3.44. The molecule has 1 aromatic carbocycles. The molecule has 0 aliphatic carbocycles. The number of rotatable bonds is 4. The van der Waals surface area contributed by atoms with E-state index in [0.29, 0.717) is 17.3 Å². The first-order valence-electron chi connectivity index (χ1n) is 7.20. The van der Waals surface area contributed by atoms with Crippen molar-refractivity contribution in [1.82, 2.24) is 20.4 Å². The first-order valence-corrected chi connectivity index (χ1v) is 7.20. The van der Waals surface area contributed by atoms with E-state index >= 15 is 0 Å². The molecule has 0 saturated heterocycles. The molecule has 118 valence electrons. The van der Waals surface area contributed by atoms with Crippen molar-refractivity contribution in [3.05, 3.63) is 57.5 Å². The molecule has 0 atom stereocenters. The molecule has 0 aliphatic heterocycles. The van der Waals surface area contributed by atoms with E-state index in [9.17, 15) is 9.59 Å². The molecule has 0 radical (unpaired) electrons. The number of carbonyl (C=O) groups excluding carboxylic acids is 1. The van der Waals surface area contributed by atoms with Gasteiger partial charge in [0, 0.05) is 24.5 Å². The number of aromatic amines is 1. The Morgan fingerprint density at radius 3 is 2.87 bits per heavy atom. The Bertz CT molecular complexity index is 926. The number of pyridine rings is 1. The zero-order valence-electron chi connectivity index (χ0n) is 12.8. The Morgan fingerprint density at radius 2 is 2.13 bits per heavy atom. The Morgan fingerprint density at radius 1 is 1.30 bits per heavy atom. The number of nitrogens with zero attached hydrogens (tertiary/aromatic N) is 2. The van der Waals surface area contributed by atoms with Crippen molar-refractivity contribution in [2.24, 2.45) is 0 Å². The number of hydrogen-bond donors (Lipinski definition) is 2. The Balaban J connectivity index is 1.72. The number of hydrogen-bond acceptors (Lipinski definition) is 5. The van der Waals surface area contributed by atoms with Gasteiger partial charge in [0.1, 0.15) is 0 Å². The maximum absolute atomic E-state index is 12.0. The molecule has 2 N–H and O–H groups in total. The molecule has 0 bridgehead atoms. The summed E-state index contributed by atoms with van der Waals surface area (Å²) < 4.78 is 4.81. The number of aromatic nitrogens is 3. The Hall–Kier alpha value is -2.96. The van der Waals surface area contributed by atoms with Gasteiger partial charge in [-0.15, -0.1) is 0 Å². The Kier molecular flexibility index (Phi) is 3.92. The molecule has 0 saturated carbocycles. The van der Waals surface area contributed by atoms with Gasteiger partial charge in [0.2, 0.25) is 11.8 Å². The van der Waals surface area contributed by atoms with Crippen LogP contribution in [0.2, 0.25) is 0 Å². The molecule has 7 nitrogen and oxygen atoms in total. The van der Waals surface area contributed by atoms with Gasteiger partial charge in [-0.25, -0.2) is 0 Å². The third-order valence-electron chi connectivity index (χ3n) is 3.44. The quantitative estimate of drug-likeness (QED) is 0.758. The van der Waals surface area contributed by atoms with E-state index in [0.717, 1.165) is 16.5 Å². The summed E-state index contributed by atoms with van der Waals surface area (Å²) in [5, 5.41) is 7.29. The van der Waals surface area contributed by atoms with Crippen LogP contribution in [0.3, 0.4) is 0 Å². The van der Waals surface area contributed by atoms with Gasteiger partial charge in [0.15, 0.2) is 5.82 Å². The fourth-order valence-corrected chi connectivity index (χ4v) is 2.32. The van der Waals surface area contributed by atoms with Crippen LogP contribution in [0.25, 0.3) is 10.9 Å². The van der Waals surface area contributed by atoms with Crippen LogP contribution in [0.5, 0.6) is 0 Å². The van der Waals surface area contributed by atoms with Crippen molar-refractivity contribution in [3.8, 4) is 0 Å². The predicted octanol–water partition coefficient (Wildman–Crippen LogP) is 1.39. The van der Waals surface area contributed by atoms with Gasteiger partial charge in [-0.1, -0.05) is 16.8 Å². The Labute approximate surface area is 131 Å². The first-order chi connectivity index (χ1) is 11.0. The molecule has 0 fully saturated rings. The van der Waals surface area contributed by atoms with Crippen molar-refractivity contribution in [2.45, 2.75) is 26.8 Å². The van der Waals surface area contributed by atoms with Gasteiger partial charge in [0.25, 0.3) is 5.56 Å².